The van der Waals surface area contributed by atoms with Crippen LogP contribution in [-0.2, 0) is 0 Å². The molecule has 0 saturated carbocycles. The number of hydrogen-bond donors (Lipinski definition) is 1. The fourth-order valence-electron chi connectivity index (χ4n) is 1.57. The molecule has 0 fully saturated rings. The van der Waals surface area contributed by atoms with Crippen molar-refractivity contribution >= 4 is 34.3 Å². The van der Waals surface area contributed by atoms with E-state index in [-0.39, 0.29) is 0 Å². The average Bonchev–Trinajstić information content (AvgIpc) is 2.74. The molecule has 0 unspecified atom stereocenters. The molecule has 2 aromatic heterocycles. The Morgan fingerprint density at radius 3 is 2.71 bits per heavy atom. The lowest BCUT2D eigenvalue weighted by Gasteiger charge is -1.95. The maximum absolute atomic E-state index is 5.69. The smallest absolute Gasteiger partial charge is 0.151 e. The number of aromatic amines is 1. The standard InChI is InChI=1S/C12H8ClN3S/c13-10-5-6-11(16-15-10)17-12-7-8-3-1-2-4-9(8)14-12/h1-7,14H. The summed E-state index contributed by atoms with van der Waals surface area (Å²) in [6.45, 7) is 0. The fraction of sp³-hybridized carbons (Fsp3) is 0. The first-order chi connectivity index (χ1) is 8.31. The van der Waals surface area contributed by atoms with Crippen LogP contribution in [-0.4, -0.2) is 15.2 Å². The fourth-order valence-corrected chi connectivity index (χ4v) is 2.46. The maximum atomic E-state index is 5.69. The van der Waals surface area contributed by atoms with E-state index in [1.807, 2.05) is 24.3 Å². The summed E-state index contributed by atoms with van der Waals surface area (Å²) in [6.07, 6.45) is 0. The summed E-state index contributed by atoms with van der Waals surface area (Å²) in [5.41, 5.74) is 1.12. The monoisotopic (exact) mass is 261 g/mol. The third-order valence-corrected chi connectivity index (χ3v) is 3.40. The van der Waals surface area contributed by atoms with Crippen LogP contribution < -0.4 is 0 Å². The molecule has 1 aromatic carbocycles. The summed E-state index contributed by atoms with van der Waals surface area (Å²) in [4.78, 5) is 3.32. The third kappa shape index (κ3) is 2.28. The van der Waals surface area contributed by atoms with Crippen molar-refractivity contribution in [2.75, 3.05) is 0 Å². The van der Waals surface area contributed by atoms with Crippen molar-refractivity contribution < 1.29 is 0 Å². The van der Waals surface area contributed by atoms with Crippen molar-refractivity contribution in [1.29, 1.82) is 0 Å². The first-order valence-electron chi connectivity index (χ1n) is 5.06. The van der Waals surface area contributed by atoms with Crippen LogP contribution in [0.25, 0.3) is 10.9 Å². The zero-order valence-electron chi connectivity index (χ0n) is 8.72. The molecule has 0 radical (unpaired) electrons. The average molecular weight is 262 g/mol. The van der Waals surface area contributed by atoms with Gasteiger partial charge in [-0.3, -0.25) is 0 Å². The van der Waals surface area contributed by atoms with Crippen LogP contribution in [0.15, 0.2) is 52.5 Å². The number of H-pyrrole nitrogens is 1. The Bertz CT molecular complexity index is 615. The predicted octanol–water partition coefficient (Wildman–Crippen LogP) is 3.76. The minimum Gasteiger partial charge on any atom is -0.349 e. The predicted molar refractivity (Wildman–Crippen MR) is 69.5 cm³/mol. The third-order valence-electron chi connectivity index (χ3n) is 2.33. The van der Waals surface area contributed by atoms with E-state index in [0.717, 1.165) is 15.6 Å². The zero-order chi connectivity index (χ0) is 11.7. The molecule has 0 aliphatic heterocycles. The van der Waals surface area contributed by atoms with Crippen molar-refractivity contribution in [3.8, 4) is 0 Å². The highest BCUT2D eigenvalue weighted by atomic mass is 35.5. The molecule has 84 valence electrons. The van der Waals surface area contributed by atoms with Gasteiger partial charge in [-0.25, -0.2) is 0 Å². The van der Waals surface area contributed by atoms with Gasteiger partial charge in [-0.1, -0.05) is 41.6 Å². The van der Waals surface area contributed by atoms with Gasteiger partial charge in [0, 0.05) is 10.9 Å². The SMILES string of the molecule is Clc1ccc(Sc2cc3ccccc3[nH]2)nn1. The van der Waals surface area contributed by atoms with Gasteiger partial charge in [-0.05, 0) is 24.3 Å². The number of hydrogen-bond acceptors (Lipinski definition) is 3. The van der Waals surface area contributed by atoms with Gasteiger partial charge in [0.15, 0.2) is 5.15 Å². The Morgan fingerprint density at radius 1 is 1.06 bits per heavy atom. The maximum Gasteiger partial charge on any atom is 0.151 e. The van der Waals surface area contributed by atoms with Crippen molar-refractivity contribution in [2.45, 2.75) is 10.1 Å². The molecule has 2 heterocycles. The molecule has 0 bridgehead atoms. The molecule has 1 N–H and O–H groups in total. The quantitative estimate of drug-likeness (QED) is 0.764. The lowest BCUT2D eigenvalue weighted by atomic mass is 10.3. The van der Waals surface area contributed by atoms with E-state index in [1.54, 1.807) is 6.07 Å². The van der Waals surface area contributed by atoms with Gasteiger partial charge in [0.2, 0.25) is 0 Å². The second-order valence-corrected chi connectivity index (χ2v) is 4.97. The highest BCUT2D eigenvalue weighted by Crippen LogP contribution is 2.28. The van der Waals surface area contributed by atoms with E-state index in [2.05, 4.69) is 27.3 Å². The molecule has 0 saturated heterocycles. The molecule has 3 nitrogen and oxygen atoms in total. The Balaban J connectivity index is 1.92. The number of halogens is 1. The second-order valence-electron chi connectivity index (χ2n) is 3.52. The number of para-hydroxylation sites is 1. The highest BCUT2D eigenvalue weighted by Gasteiger charge is 2.03. The summed E-state index contributed by atoms with van der Waals surface area (Å²) < 4.78 is 0. The minimum atomic E-state index is 0.408. The van der Waals surface area contributed by atoms with Gasteiger partial charge in [0.1, 0.15) is 5.03 Å². The second kappa shape index (κ2) is 4.39. The summed E-state index contributed by atoms with van der Waals surface area (Å²) in [5, 5.41) is 11.3. The molecule has 0 aliphatic rings. The molecule has 0 amide bonds. The van der Waals surface area contributed by atoms with Gasteiger partial charge in [-0.2, -0.15) is 0 Å². The molecule has 0 aliphatic carbocycles. The topological polar surface area (TPSA) is 41.6 Å². The zero-order valence-corrected chi connectivity index (χ0v) is 10.3. The summed E-state index contributed by atoms with van der Waals surface area (Å²) in [5.74, 6) is 0. The lowest BCUT2D eigenvalue weighted by molar-refractivity contribution is 0.928. The van der Waals surface area contributed by atoms with Crippen molar-refractivity contribution in [1.82, 2.24) is 15.2 Å². The Morgan fingerprint density at radius 2 is 1.94 bits per heavy atom. The minimum absolute atomic E-state index is 0.408. The van der Waals surface area contributed by atoms with Gasteiger partial charge >= 0.3 is 0 Å². The molecule has 17 heavy (non-hydrogen) atoms. The summed E-state index contributed by atoms with van der Waals surface area (Å²) in [6, 6.07) is 13.8. The van der Waals surface area contributed by atoms with Gasteiger partial charge in [-0.15, -0.1) is 10.2 Å². The van der Waals surface area contributed by atoms with E-state index in [1.165, 1.54) is 17.1 Å². The molecule has 0 spiro atoms. The molecular formula is C12H8ClN3S. The normalized spacial score (nSPS) is 10.9. The number of benzene rings is 1. The molecule has 5 heteroatoms. The van der Waals surface area contributed by atoms with Gasteiger partial charge < -0.3 is 4.98 Å². The number of fused-ring (bicyclic) bond motifs is 1. The van der Waals surface area contributed by atoms with Gasteiger partial charge in [0.05, 0.1) is 5.03 Å². The highest BCUT2D eigenvalue weighted by molar-refractivity contribution is 7.99. The molecule has 3 aromatic rings. The van der Waals surface area contributed by atoms with Crippen LogP contribution in [0.2, 0.25) is 5.15 Å². The van der Waals surface area contributed by atoms with E-state index in [0.29, 0.717) is 5.15 Å². The summed E-state index contributed by atoms with van der Waals surface area (Å²) >= 11 is 7.22. The van der Waals surface area contributed by atoms with E-state index < -0.39 is 0 Å². The number of aromatic nitrogens is 3. The molecule has 0 atom stereocenters. The first-order valence-corrected chi connectivity index (χ1v) is 6.25. The van der Waals surface area contributed by atoms with Crippen LogP contribution in [0, 0.1) is 0 Å². The van der Waals surface area contributed by atoms with Crippen LogP contribution in [0.4, 0.5) is 0 Å². The largest absolute Gasteiger partial charge is 0.349 e. The molecular weight excluding hydrogens is 254 g/mol. The van der Waals surface area contributed by atoms with Crippen LogP contribution in [0.3, 0.4) is 0 Å². The van der Waals surface area contributed by atoms with E-state index in [9.17, 15) is 0 Å². The van der Waals surface area contributed by atoms with Crippen LogP contribution in [0.5, 0.6) is 0 Å². The van der Waals surface area contributed by atoms with Crippen molar-refractivity contribution in [3.05, 3.63) is 47.6 Å². The van der Waals surface area contributed by atoms with Crippen molar-refractivity contribution in [3.63, 3.8) is 0 Å². The summed E-state index contributed by atoms with van der Waals surface area (Å²) in [7, 11) is 0. The number of nitrogens with zero attached hydrogens (tertiary/aromatic N) is 2. The first kappa shape index (κ1) is 10.6. The van der Waals surface area contributed by atoms with Gasteiger partial charge in [0.25, 0.3) is 0 Å². The van der Waals surface area contributed by atoms with E-state index >= 15 is 0 Å². The Kier molecular flexibility index (Phi) is 2.74. The van der Waals surface area contributed by atoms with Crippen LogP contribution in [0.1, 0.15) is 0 Å². The Labute approximate surface area is 107 Å². The van der Waals surface area contributed by atoms with Crippen molar-refractivity contribution in [2.24, 2.45) is 0 Å². The lowest BCUT2D eigenvalue weighted by Crippen LogP contribution is -1.84. The van der Waals surface area contributed by atoms with E-state index in [4.69, 9.17) is 11.6 Å². The Hall–Kier alpha value is -1.52. The number of rotatable bonds is 2. The molecule has 3 rings (SSSR count). The van der Waals surface area contributed by atoms with Crippen LogP contribution >= 0.6 is 23.4 Å². The number of nitrogens with one attached hydrogen (secondary N) is 1.